The number of pyridine rings is 1. The van der Waals surface area contributed by atoms with Crippen molar-refractivity contribution in [3.05, 3.63) is 65.6 Å². The molecule has 0 saturated carbocycles. The summed E-state index contributed by atoms with van der Waals surface area (Å²) in [6.07, 6.45) is 6.08. The summed E-state index contributed by atoms with van der Waals surface area (Å²) in [6, 6.07) is 12.3. The molecule has 162 valence electrons. The molecule has 0 amide bonds. The molecule has 30 heavy (non-hydrogen) atoms. The van der Waals surface area contributed by atoms with E-state index in [1.165, 1.54) is 5.56 Å². The van der Waals surface area contributed by atoms with E-state index >= 15 is 0 Å². The maximum absolute atomic E-state index is 6.10. The fraction of sp³-hybridized carbons (Fsp3) is 0.391. The molecule has 0 aliphatic heterocycles. The number of rotatable bonds is 8. The normalized spacial score (nSPS) is 12.3. The monoisotopic (exact) mass is 521 g/mol. The Morgan fingerprint density at radius 3 is 2.80 bits per heavy atom. The Morgan fingerprint density at radius 2 is 2.07 bits per heavy atom. The van der Waals surface area contributed by atoms with Gasteiger partial charge in [-0.3, -0.25) is 4.99 Å². The number of guanidine groups is 1. The predicted octanol–water partition coefficient (Wildman–Crippen LogP) is 4.35. The van der Waals surface area contributed by atoms with Crippen molar-refractivity contribution in [3.8, 4) is 5.75 Å². The molecule has 1 atom stereocenters. The van der Waals surface area contributed by atoms with Gasteiger partial charge >= 0.3 is 0 Å². The summed E-state index contributed by atoms with van der Waals surface area (Å²) in [5.74, 6) is 1.70. The van der Waals surface area contributed by atoms with Crippen molar-refractivity contribution in [2.24, 2.45) is 4.99 Å². The Bertz CT molecular complexity index is 936. The quantitative estimate of drug-likeness (QED) is 0.263. The molecule has 1 aromatic carbocycles. The molecule has 0 aliphatic carbocycles. The number of hydrogen-bond acceptors (Lipinski definition) is 3. The van der Waals surface area contributed by atoms with E-state index in [4.69, 9.17) is 4.74 Å². The number of fused-ring (bicyclic) bond motifs is 1. The van der Waals surface area contributed by atoms with E-state index < -0.39 is 0 Å². The average molecular weight is 521 g/mol. The second-order valence-corrected chi connectivity index (χ2v) is 7.25. The number of aromatic nitrogens is 2. The summed E-state index contributed by atoms with van der Waals surface area (Å²) in [5, 5.41) is 6.75. The van der Waals surface area contributed by atoms with Gasteiger partial charge in [0.1, 0.15) is 11.4 Å². The lowest BCUT2D eigenvalue weighted by molar-refractivity contribution is 0.215. The molecular formula is C23H32IN5O. The Morgan fingerprint density at radius 1 is 1.23 bits per heavy atom. The number of nitrogens with zero attached hydrogens (tertiary/aromatic N) is 3. The van der Waals surface area contributed by atoms with Crippen molar-refractivity contribution in [1.82, 2.24) is 20.0 Å². The van der Waals surface area contributed by atoms with Crippen LogP contribution in [0.15, 0.2) is 53.8 Å². The molecule has 1 unspecified atom stereocenters. The van der Waals surface area contributed by atoms with Gasteiger partial charge in [0.2, 0.25) is 0 Å². The van der Waals surface area contributed by atoms with Crippen molar-refractivity contribution in [2.75, 3.05) is 13.6 Å². The fourth-order valence-electron chi connectivity index (χ4n) is 3.03. The Labute approximate surface area is 196 Å². The molecule has 0 fully saturated rings. The molecule has 0 saturated heterocycles. The van der Waals surface area contributed by atoms with Crippen molar-refractivity contribution in [3.63, 3.8) is 0 Å². The van der Waals surface area contributed by atoms with Crippen LogP contribution < -0.4 is 15.4 Å². The third kappa shape index (κ3) is 6.62. The predicted molar refractivity (Wildman–Crippen MR) is 134 cm³/mol. The summed E-state index contributed by atoms with van der Waals surface area (Å²) in [6.45, 7) is 7.72. The zero-order chi connectivity index (χ0) is 20.6. The first-order valence-corrected chi connectivity index (χ1v) is 10.2. The van der Waals surface area contributed by atoms with Crippen LogP contribution in [0.1, 0.15) is 37.1 Å². The molecule has 0 aliphatic rings. The first-order chi connectivity index (χ1) is 14.1. The Hall–Kier alpha value is -2.29. The van der Waals surface area contributed by atoms with Gasteiger partial charge in [0, 0.05) is 44.5 Å². The number of hydrogen-bond donors (Lipinski definition) is 2. The third-order valence-electron chi connectivity index (χ3n) is 4.88. The maximum atomic E-state index is 6.10. The van der Waals surface area contributed by atoms with E-state index in [-0.39, 0.29) is 30.1 Å². The van der Waals surface area contributed by atoms with Crippen LogP contribution in [0.4, 0.5) is 0 Å². The zero-order valence-corrected chi connectivity index (χ0v) is 20.5. The topological polar surface area (TPSA) is 63.0 Å². The molecule has 0 radical (unpaired) electrons. The molecule has 2 aromatic heterocycles. The van der Waals surface area contributed by atoms with Crippen LogP contribution in [0.2, 0.25) is 0 Å². The lowest BCUT2D eigenvalue weighted by Gasteiger charge is -2.18. The smallest absolute Gasteiger partial charge is 0.191 e. The SMILES string of the molecule is CCC(C)Oc1cc(C)ccc1CNC(=NC)NCCc1cn2ccccc2n1.I. The van der Waals surface area contributed by atoms with Gasteiger partial charge in [0.15, 0.2) is 5.96 Å². The van der Waals surface area contributed by atoms with Gasteiger partial charge in [-0.1, -0.05) is 25.1 Å². The number of ether oxygens (including phenoxy) is 1. The highest BCUT2D eigenvalue weighted by Gasteiger charge is 2.09. The summed E-state index contributed by atoms with van der Waals surface area (Å²) in [7, 11) is 1.78. The largest absolute Gasteiger partial charge is 0.490 e. The first-order valence-electron chi connectivity index (χ1n) is 10.2. The minimum absolute atomic E-state index is 0. The van der Waals surface area contributed by atoms with E-state index in [0.29, 0.717) is 6.54 Å². The summed E-state index contributed by atoms with van der Waals surface area (Å²) < 4.78 is 8.14. The minimum atomic E-state index is 0. The van der Waals surface area contributed by atoms with Gasteiger partial charge in [-0.25, -0.2) is 4.98 Å². The number of halogens is 1. The lowest BCUT2D eigenvalue weighted by Crippen LogP contribution is -2.38. The second-order valence-electron chi connectivity index (χ2n) is 7.25. The van der Waals surface area contributed by atoms with Crippen LogP contribution in [0.25, 0.3) is 5.65 Å². The molecule has 7 heteroatoms. The summed E-state index contributed by atoms with van der Waals surface area (Å²) in [4.78, 5) is 8.96. The van der Waals surface area contributed by atoms with E-state index in [1.807, 2.05) is 28.8 Å². The van der Waals surface area contributed by atoms with Crippen molar-refractivity contribution >= 4 is 35.6 Å². The van der Waals surface area contributed by atoms with Gasteiger partial charge in [-0.2, -0.15) is 0 Å². The first kappa shape index (κ1) is 24.0. The molecule has 3 rings (SSSR count). The highest BCUT2D eigenvalue weighted by Crippen LogP contribution is 2.22. The van der Waals surface area contributed by atoms with E-state index in [2.05, 4.69) is 65.8 Å². The molecular weight excluding hydrogens is 489 g/mol. The number of aryl methyl sites for hydroxylation is 1. The minimum Gasteiger partial charge on any atom is -0.490 e. The van der Waals surface area contributed by atoms with Crippen LogP contribution in [-0.4, -0.2) is 35.0 Å². The van der Waals surface area contributed by atoms with E-state index in [9.17, 15) is 0 Å². The summed E-state index contributed by atoms with van der Waals surface area (Å²) in [5.41, 5.74) is 4.35. The van der Waals surface area contributed by atoms with Gasteiger partial charge < -0.3 is 19.8 Å². The van der Waals surface area contributed by atoms with Crippen molar-refractivity contribution < 1.29 is 4.74 Å². The number of benzene rings is 1. The molecule has 2 N–H and O–H groups in total. The third-order valence-corrected chi connectivity index (χ3v) is 4.88. The van der Waals surface area contributed by atoms with Crippen LogP contribution in [0, 0.1) is 6.92 Å². The molecule has 3 aromatic rings. The number of imidazole rings is 1. The zero-order valence-electron chi connectivity index (χ0n) is 18.2. The summed E-state index contributed by atoms with van der Waals surface area (Å²) >= 11 is 0. The fourth-order valence-corrected chi connectivity index (χ4v) is 3.03. The van der Waals surface area contributed by atoms with Crippen LogP contribution in [0.5, 0.6) is 5.75 Å². The van der Waals surface area contributed by atoms with Crippen molar-refractivity contribution in [1.29, 1.82) is 0 Å². The highest BCUT2D eigenvalue weighted by atomic mass is 127. The lowest BCUT2D eigenvalue weighted by atomic mass is 10.1. The molecule has 6 nitrogen and oxygen atoms in total. The molecule has 2 heterocycles. The number of nitrogens with one attached hydrogen (secondary N) is 2. The van der Waals surface area contributed by atoms with Crippen molar-refractivity contribution in [2.45, 2.75) is 46.3 Å². The standard InChI is InChI=1S/C23H31N5O.HI/c1-5-18(3)29-21-14-17(2)9-10-19(21)15-26-23(24-4)25-12-11-20-16-28-13-7-6-8-22(28)27-20;/h6-10,13-14,16,18H,5,11-12,15H2,1-4H3,(H2,24,25,26);1H. The van der Waals surface area contributed by atoms with Crippen LogP contribution >= 0.6 is 24.0 Å². The molecule has 0 spiro atoms. The van der Waals surface area contributed by atoms with Crippen LogP contribution in [-0.2, 0) is 13.0 Å². The van der Waals surface area contributed by atoms with Gasteiger partial charge in [-0.15, -0.1) is 24.0 Å². The van der Waals surface area contributed by atoms with E-state index in [1.54, 1.807) is 7.05 Å². The van der Waals surface area contributed by atoms with Gasteiger partial charge in [0.05, 0.1) is 11.8 Å². The highest BCUT2D eigenvalue weighted by molar-refractivity contribution is 14.0. The average Bonchev–Trinajstić information content (AvgIpc) is 3.14. The maximum Gasteiger partial charge on any atom is 0.191 e. The number of aliphatic imine (C=N–C) groups is 1. The second kappa shape index (κ2) is 11.8. The molecule has 0 bridgehead atoms. The van der Waals surface area contributed by atoms with Gasteiger partial charge in [-0.05, 0) is 44.0 Å². The van der Waals surface area contributed by atoms with Crippen LogP contribution in [0.3, 0.4) is 0 Å². The van der Waals surface area contributed by atoms with Gasteiger partial charge in [0.25, 0.3) is 0 Å². The van der Waals surface area contributed by atoms with E-state index in [0.717, 1.165) is 48.0 Å². The Kier molecular flexibility index (Phi) is 9.42. The Balaban J connectivity index is 0.00000320.